The first kappa shape index (κ1) is 26.3. The fourth-order valence-corrected chi connectivity index (χ4v) is 3.39. The van der Waals surface area contributed by atoms with Crippen molar-refractivity contribution in [2.24, 2.45) is 5.10 Å². The van der Waals surface area contributed by atoms with Crippen LogP contribution in [0.25, 0.3) is 0 Å². The molecular formula is C28H31N3O5. The fraction of sp³-hybridized carbons (Fsp3) is 0.250. The summed E-state index contributed by atoms with van der Waals surface area (Å²) in [7, 11) is 0. The molecule has 0 fully saturated rings. The van der Waals surface area contributed by atoms with Crippen LogP contribution in [0.1, 0.15) is 43.0 Å². The first-order valence-corrected chi connectivity index (χ1v) is 11.8. The van der Waals surface area contributed by atoms with E-state index in [0.717, 1.165) is 16.7 Å². The number of hydrogen-bond acceptors (Lipinski definition) is 6. The van der Waals surface area contributed by atoms with Crippen molar-refractivity contribution in [1.82, 2.24) is 10.7 Å². The van der Waals surface area contributed by atoms with Gasteiger partial charge < -0.3 is 19.5 Å². The van der Waals surface area contributed by atoms with E-state index in [1.807, 2.05) is 79.7 Å². The molecule has 0 aliphatic rings. The van der Waals surface area contributed by atoms with Crippen molar-refractivity contribution < 1.29 is 23.8 Å². The maximum Gasteiger partial charge on any atom is 0.407 e. The van der Waals surface area contributed by atoms with Crippen LogP contribution in [0.4, 0.5) is 4.79 Å². The summed E-state index contributed by atoms with van der Waals surface area (Å²) in [5, 5.41) is 6.78. The van der Waals surface area contributed by atoms with Gasteiger partial charge in [0.05, 0.1) is 31.9 Å². The SMILES string of the molecule is CCOC(=O)N[C@H](CC(=O)N/N=C\c1ccc(OCc2ccccc2)c(OCC)c1)c1ccccc1. The van der Waals surface area contributed by atoms with Crippen LogP contribution in [0.15, 0.2) is 84.0 Å². The molecule has 188 valence electrons. The molecule has 0 saturated carbocycles. The summed E-state index contributed by atoms with van der Waals surface area (Å²) in [6.45, 7) is 4.76. The topological polar surface area (TPSA) is 98.2 Å². The highest BCUT2D eigenvalue weighted by atomic mass is 16.5. The number of ether oxygens (including phenoxy) is 3. The van der Waals surface area contributed by atoms with Crippen LogP contribution >= 0.6 is 0 Å². The molecule has 3 aromatic carbocycles. The Hall–Kier alpha value is -4.33. The molecule has 0 aromatic heterocycles. The summed E-state index contributed by atoms with van der Waals surface area (Å²) in [6, 6.07) is 24.0. The Balaban J connectivity index is 1.61. The molecule has 2 N–H and O–H groups in total. The second kappa shape index (κ2) is 14.2. The highest BCUT2D eigenvalue weighted by Gasteiger charge is 2.18. The summed E-state index contributed by atoms with van der Waals surface area (Å²) in [6.07, 6.45) is 0.939. The van der Waals surface area contributed by atoms with E-state index in [9.17, 15) is 9.59 Å². The van der Waals surface area contributed by atoms with Gasteiger partial charge in [-0.1, -0.05) is 60.7 Å². The summed E-state index contributed by atoms with van der Waals surface area (Å²) >= 11 is 0. The highest BCUT2D eigenvalue weighted by molar-refractivity contribution is 5.83. The van der Waals surface area contributed by atoms with Crippen molar-refractivity contribution in [2.45, 2.75) is 32.9 Å². The van der Waals surface area contributed by atoms with Gasteiger partial charge >= 0.3 is 6.09 Å². The normalized spacial score (nSPS) is 11.5. The third-order valence-corrected chi connectivity index (χ3v) is 5.07. The molecule has 2 amide bonds. The van der Waals surface area contributed by atoms with Gasteiger partial charge in [-0.2, -0.15) is 5.10 Å². The number of carbonyl (C=O) groups excluding carboxylic acids is 2. The summed E-state index contributed by atoms with van der Waals surface area (Å²) < 4.78 is 16.6. The third-order valence-electron chi connectivity index (χ3n) is 5.07. The van der Waals surface area contributed by atoms with E-state index in [1.54, 1.807) is 13.0 Å². The Labute approximate surface area is 211 Å². The minimum Gasteiger partial charge on any atom is -0.490 e. The number of hydrogen-bond donors (Lipinski definition) is 2. The molecule has 1 atom stereocenters. The predicted molar refractivity (Wildman–Crippen MR) is 138 cm³/mol. The molecule has 3 rings (SSSR count). The molecule has 0 saturated heterocycles. The van der Waals surface area contributed by atoms with Crippen LogP contribution in [-0.2, 0) is 16.1 Å². The Morgan fingerprint density at radius 1 is 0.889 bits per heavy atom. The van der Waals surface area contributed by atoms with Crippen LogP contribution in [0.2, 0.25) is 0 Å². The van der Waals surface area contributed by atoms with Gasteiger partial charge in [0.1, 0.15) is 6.61 Å². The lowest BCUT2D eigenvalue weighted by molar-refractivity contribution is -0.121. The number of rotatable bonds is 12. The van der Waals surface area contributed by atoms with Gasteiger partial charge in [-0.25, -0.2) is 10.2 Å². The number of nitrogens with zero attached hydrogens (tertiary/aromatic N) is 1. The van der Waals surface area contributed by atoms with Crippen LogP contribution in [0, 0.1) is 0 Å². The van der Waals surface area contributed by atoms with E-state index in [4.69, 9.17) is 14.2 Å². The molecule has 0 radical (unpaired) electrons. The molecule has 36 heavy (non-hydrogen) atoms. The summed E-state index contributed by atoms with van der Waals surface area (Å²) in [5.41, 5.74) is 5.09. The Morgan fingerprint density at radius 2 is 1.61 bits per heavy atom. The van der Waals surface area contributed by atoms with E-state index in [2.05, 4.69) is 15.8 Å². The van der Waals surface area contributed by atoms with E-state index in [-0.39, 0.29) is 18.9 Å². The van der Waals surface area contributed by atoms with E-state index < -0.39 is 12.1 Å². The lowest BCUT2D eigenvalue weighted by Gasteiger charge is -2.18. The van der Waals surface area contributed by atoms with Crippen molar-refractivity contribution in [1.29, 1.82) is 0 Å². The predicted octanol–water partition coefficient (Wildman–Crippen LogP) is 4.99. The zero-order chi connectivity index (χ0) is 25.6. The molecule has 8 nitrogen and oxygen atoms in total. The smallest absolute Gasteiger partial charge is 0.407 e. The number of benzene rings is 3. The quantitative estimate of drug-likeness (QED) is 0.276. The molecule has 0 bridgehead atoms. The lowest BCUT2D eigenvalue weighted by Crippen LogP contribution is -2.33. The molecular weight excluding hydrogens is 458 g/mol. The maximum absolute atomic E-state index is 12.5. The second-order valence-corrected chi connectivity index (χ2v) is 7.74. The second-order valence-electron chi connectivity index (χ2n) is 7.74. The van der Waals surface area contributed by atoms with Crippen LogP contribution in [-0.4, -0.2) is 31.4 Å². The van der Waals surface area contributed by atoms with E-state index in [0.29, 0.717) is 24.7 Å². The van der Waals surface area contributed by atoms with Crippen molar-refractivity contribution in [3.8, 4) is 11.5 Å². The van der Waals surface area contributed by atoms with Gasteiger partial charge in [0.2, 0.25) is 5.91 Å². The molecule has 0 spiro atoms. The van der Waals surface area contributed by atoms with Gasteiger partial charge in [-0.15, -0.1) is 0 Å². The Kier molecular flexibility index (Phi) is 10.3. The van der Waals surface area contributed by atoms with Crippen molar-refractivity contribution in [3.63, 3.8) is 0 Å². The largest absolute Gasteiger partial charge is 0.490 e. The number of hydrazone groups is 1. The van der Waals surface area contributed by atoms with Crippen LogP contribution < -0.4 is 20.2 Å². The minimum atomic E-state index is -0.583. The van der Waals surface area contributed by atoms with Gasteiger partial charge in [-0.3, -0.25) is 4.79 Å². The minimum absolute atomic E-state index is 0.00335. The first-order chi connectivity index (χ1) is 17.6. The fourth-order valence-electron chi connectivity index (χ4n) is 3.39. The first-order valence-electron chi connectivity index (χ1n) is 11.8. The average molecular weight is 490 g/mol. The molecule has 8 heteroatoms. The molecule has 0 unspecified atom stereocenters. The van der Waals surface area contributed by atoms with Gasteiger partial charge in [0.15, 0.2) is 11.5 Å². The van der Waals surface area contributed by atoms with Crippen molar-refractivity contribution in [3.05, 3.63) is 95.6 Å². The van der Waals surface area contributed by atoms with Gasteiger partial charge in [-0.05, 0) is 48.7 Å². The third kappa shape index (κ3) is 8.47. The number of carbonyl (C=O) groups is 2. The van der Waals surface area contributed by atoms with Gasteiger partial charge in [0, 0.05) is 0 Å². The van der Waals surface area contributed by atoms with Gasteiger partial charge in [0.25, 0.3) is 0 Å². The molecule has 0 heterocycles. The zero-order valence-electron chi connectivity index (χ0n) is 20.5. The monoisotopic (exact) mass is 489 g/mol. The van der Waals surface area contributed by atoms with Crippen molar-refractivity contribution in [2.75, 3.05) is 13.2 Å². The Morgan fingerprint density at radius 3 is 2.31 bits per heavy atom. The van der Waals surface area contributed by atoms with E-state index >= 15 is 0 Å². The van der Waals surface area contributed by atoms with Crippen LogP contribution in [0.3, 0.4) is 0 Å². The molecule has 3 aromatic rings. The zero-order valence-corrected chi connectivity index (χ0v) is 20.5. The van der Waals surface area contributed by atoms with Crippen molar-refractivity contribution >= 4 is 18.2 Å². The summed E-state index contributed by atoms with van der Waals surface area (Å²) in [5.74, 6) is 0.855. The maximum atomic E-state index is 12.5. The van der Waals surface area contributed by atoms with E-state index in [1.165, 1.54) is 6.21 Å². The molecule has 0 aliphatic heterocycles. The molecule has 0 aliphatic carbocycles. The summed E-state index contributed by atoms with van der Waals surface area (Å²) in [4.78, 5) is 24.5. The lowest BCUT2D eigenvalue weighted by atomic mass is 10.0. The number of alkyl carbamates (subject to hydrolysis) is 1. The standard InChI is InChI=1S/C28H31N3O5/c1-3-34-26-17-22(15-16-25(26)36-20-21-11-7-5-8-12-21)19-29-31-27(32)18-24(30-28(33)35-4-2)23-13-9-6-10-14-23/h5-17,19,24H,3-4,18,20H2,1-2H3,(H,30,33)(H,31,32)/b29-19-/t24-/m1/s1. The Bertz CT molecular complexity index is 1140. The van der Waals surface area contributed by atoms with Crippen LogP contribution in [0.5, 0.6) is 11.5 Å². The average Bonchev–Trinajstić information content (AvgIpc) is 2.89. The number of nitrogens with one attached hydrogen (secondary N) is 2. The number of amides is 2. The highest BCUT2D eigenvalue weighted by Crippen LogP contribution is 2.29.